The number of nitrogens with zero attached hydrogens (tertiary/aromatic N) is 1. The third-order valence-electron chi connectivity index (χ3n) is 4.37. The number of para-hydroxylation sites is 1. The Balaban J connectivity index is 2.06. The van der Waals surface area contributed by atoms with E-state index in [1.165, 1.54) is 6.07 Å². The molecule has 24 heavy (non-hydrogen) atoms. The van der Waals surface area contributed by atoms with E-state index in [1.54, 1.807) is 18.2 Å². The van der Waals surface area contributed by atoms with E-state index in [2.05, 4.69) is 0 Å². The topological polar surface area (TPSA) is 83.1 Å². The number of nitro benzene ring substituents is 1. The summed E-state index contributed by atoms with van der Waals surface area (Å²) < 4.78 is 11.4. The van der Waals surface area contributed by atoms with Crippen LogP contribution in [0.4, 0.5) is 5.69 Å². The average Bonchev–Trinajstić information content (AvgIpc) is 2.59. The molecule has 7 heteroatoms. The molecule has 2 heterocycles. The van der Waals surface area contributed by atoms with Crippen molar-refractivity contribution < 1.29 is 24.1 Å². The summed E-state index contributed by atoms with van der Waals surface area (Å²) in [6, 6.07) is 4.77. The van der Waals surface area contributed by atoms with Gasteiger partial charge in [-0.05, 0) is 6.08 Å². The molecule has 0 aliphatic carbocycles. The van der Waals surface area contributed by atoms with Gasteiger partial charge in [0.1, 0.15) is 13.1 Å². The van der Waals surface area contributed by atoms with Gasteiger partial charge in [0.05, 0.1) is 23.7 Å². The molecule has 2 aliphatic rings. The molecule has 0 aromatic heterocycles. The first-order valence-corrected chi connectivity index (χ1v) is 8.11. The van der Waals surface area contributed by atoms with E-state index < -0.39 is 11.2 Å². The first kappa shape index (κ1) is 16.6. The van der Waals surface area contributed by atoms with Crippen LogP contribution in [0.1, 0.15) is 19.4 Å². The number of morpholine rings is 1. The largest absolute Gasteiger partial charge is 0.430 e. The zero-order valence-electron chi connectivity index (χ0n) is 13.8. The third-order valence-corrected chi connectivity index (χ3v) is 4.37. The standard InChI is InChI=1S/C17H20N2O5/c1-11(2)15(20)13-10-12-4-3-5-14(19(21)22)16(12)24-17(13)18-6-8-23-9-7-18/h3-5,10-11,17H,6-9H2,1-2H3/p+1/t17-/m1/s1. The minimum absolute atomic E-state index is 0.0103. The van der Waals surface area contributed by atoms with E-state index in [0.29, 0.717) is 37.4 Å². The highest BCUT2D eigenvalue weighted by Gasteiger charge is 2.39. The number of ether oxygens (including phenoxy) is 2. The van der Waals surface area contributed by atoms with Gasteiger partial charge in [0, 0.05) is 17.5 Å². The number of hydrogen-bond donors (Lipinski definition) is 1. The molecule has 7 nitrogen and oxygen atoms in total. The molecule has 0 bridgehead atoms. The second kappa shape index (κ2) is 6.70. The van der Waals surface area contributed by atoms with Gasteiger partial charge >= 0.3 is 5.69 Å². The van der Waals surface area contributed by atoms with Crippen molar-refractivity contribution in [3.8, 4) is 5.75 Å². The Labute approximate surface area is 140 Å². The molecule has 0 amide bonds. The zero-order chi connectivity index (χ0) is 17.3. The van der Waals surface area contributed by atoms with Gasteiger partial charge in [-0.15, -0.1) is 0 Å². The molecule has 1 N–H and O–H groups in total. The molecule has 0 saturated carbocycles. The normalized spacial score (nSPS) is 21.0. The number of rotatable bonds is 4. The van der Waals surface area contributed by atoms with E-state index >= 15 is 0 Å². The van der Waals surface area contributed by atoms with E-state index in [0.717, 1.165) is 4.90 Å². The number of nitro groups is 1. The summed E-state index contributed by atoms with van der Waals surface area (Å²) in [5.41, 5.74) is 1.09. The van der Waals surface area contributed by atoms with Crippen molar-refractivity contribution in [1.82, 2.24) is 0 Å². The Kier molecular flexibility index (Phi) is 4.64. The molecular weight excluding hydrogens is 312 g/mol. The fourth-order valence-corrected chi connectivity index (χ4v) is 3.09. The van der Waals surface area contributed by atoms with E-state index in [9.17, 15) is 14.9 Å². The highest BCUT2D eigenvalue weighted by molar-refractivity contribution is 6.02. The SMILES string of the molecule is CC(C)C(=O)C1=Cc2cccc([N+](=O)[O-])c2O[C@H]1[NH+]1CCOCC1. The number of hydrogen-bond acceptors (Lipinski definition) is 5. The van der Waals surface area contributed by atoms with Gasteiger partial charge in [-0.25, -0.2) is 0 Å². The van der Waals surface area contributed by atoms with Crippen molar-refractivity contribution in [3.05, 3.63) is 39.4 Å². The molecule has 0 spiro atoms. The molecule has 128 valence electrons. The number of quaternary nitrogens is 1. The van der Waals surface area contributed by atoms with Crippen LogP contribution in [0.15, 0.2) is 23.8 Å². The van der Waals surface area contributed by atoms with Crippen LogP contribution in [0.25, 0.3) is 6.08 Å². The second-order valence-corrected chi connectivity index (χ2v) is 6.34. The maximum atomic E-state index is 12.7. The van der Waals surface area contributed by atoms with Crippen LogP contribution < -0.4 is 9.64 Å². The maximum Gasteiger partial charge on any atom is 0.311 e. The number of fused-ring (bicyclic) bond motifs is 1. The number of ketones is 1. The van der Waals surface area contributed by atoms with Gasteiger partial charge in [0.25, 0.3) is 6.23 Å². The summed E-state index contributed by atoms with van der Waals surface area (Å²) in [6.07, 6.45) is 1.22. The number of carbonyl (C=O) groups excluding carboxylic acids is 1. The van der Waals surface area contributed by atoms with Crippen LogP contribution in [0.3, 0.4) is 0 Å². The summed E-state index contributed by atoms with van der Waals surface area (Å²) in [4.78, 5) is 24.6. The van der Waals surface area contributed by atoms with Crippen molar-refractivity contribution in [1.29, 1.82) is 0 Å². The summed E-state index contributed by atoms with van der Waals surface area (Å²) in [5.74, 6) is 0.0889. The van der Waals surface area contributed by atoms with Crippen LogP contribution >= 0.6 is 0 Å². The first-order valence-electron chi connectivity index (χ1n) is 8.11. The summed E-state index contributed by atoms with van der Waals surface area (Å²) >= 11 is 0. The lowest BCUT2D eigenvalue weighted by atomic mass is 9.94. The predicted molar refractivity (Wildman–Crippen MR) is 86.9 cm³/mol. The van der Waals surface area contributed by atoms with Crippen LogP contribution in [0.2, 0.25) is 0 Å². The lowest BCUT2D eigenvalue weighted by molar-refractivity contribution is -0.944. The van der Waals surface area contributed by atoms with Gasteiger partial charge < -0.3 is 9.47 Å². The quantitative estimate of drug-likeness (QED) is 0.652. The monoisotopic (exact) mass is 333 g/mol. The van der Waals surface area contributed by atoms with Gasteiger partial charge in [-0.2, -0.15) is 0 Å². The molecule has 0 unspecified atom stereocenters. The summed E-state index contributed by atoms with van der Waals surface area (Å²) in [5, 5.41) is 11.3. The first-order chi connectivity index (χ1) is 11.5. The minimum Gasteiger partial charge on any atom is -0.430 e. The Morgan fingerprint density at radius 3 is 2.67 bits per heavy atom. The molecule has 0 radical (unpaired) electrons. The van der Waals surface area contributed by atoms with Crippen molar-refractivity contribution in [3.63, 3.8) is 0 Å². The maximum absolute atomic E-state index is 12.7. The molecule has 1 fully saturated rings. The van der Waals surface area contributed by atoms with Crippen molar-refractivity contribution in [2.75, 3.05) is 26.3 Å². The van der Waals surface area contributed by atoms with Crippen LogP contribution in [-0.2, 0) is 9.53 Å². The Hall–Kier alpha value is -2.25. The average molecular weight is 333 g/mol. The lowest BCUT2D eigenvalue weighted by Gasteiger charge is -2.34. The molecular formula is C17H21N2O5+. The Morgan fingerprint density at radius 2 is 2.04 bits per heavy atom. The third kappa shape index (κ3) is 3.05. The smallest absolute Gasteiger partial charge is 0.311 e. The van der Waals surface area contributed by atoms with Crippen molar-refractivity contribution >= 4 is 17.5 Å². The van der Waals surface area contributed by atoms with Crippen LogP contribution in [0.5, 0.6) is 5.75 Å². The molecule has 1 saturated heterocycles. The molecule has 1 atom stereocenters. The highest BCUT2D eigenvalue weighted by Crippen LogP contribution is 2.37. The number of benzene rings is 1. The van der Waals surface area contributed by atoms with E-state index in [-0.39, 0.29) is 23.1 Å². The van der Waals surface area contributed by atoms with Gasteiger partial charge in [-0.3, -0.25) is 19.8 Å². The van der Waals surface area contributed by atoms with Crippen molar-refractivity contribution in [2.45, 2.75) is 20.1 Å². The number of nitrogens with one attached hydrogen (secondary N) is 1. The second-order valence-electron chi connectivity index (χ2n) is 6.34. The molecule has 2 aliphatic heterocycles. The summed E-state index contributed by atoms with van der Waals surface area (Å²) in [6.45, 7) is 6.26. The van der Waals surface area contributed by atoms with Gasteiger partial charge in [-0.1, -0.05) is 26.0 Å². The van der Waals surface area contributed by atoms with E-state index in [4.69, 9.17) is 9.47 Å². The molecule has 3 rings (SSSR count). The minimum atomic E-state index is -0.530. The van der Waals surface area contributed by atoms with Gasteiger partial charge in [0.15, 0.2) is 5.78 Å². The summed E-state index contributed by atoms with van der Waals surface area (Å²) in [7, 11) is 0. The number of Topliss-reactive ketones (excluding diaryl/α,β-unsaturated/α-hetero) is 1. The predicted octanol–water partition coefficient (Wildman–Crippen LogP) is 0.837. The Bertz CT molecular complexity index is 692. The van der Waals surface area contributed by atoms with Crippen LogP contribution in [0, 0.1) is 16.0 Å². The zero-order valence-corrected chi connectivity index (χ0v) is 13.8. The Morgan fingerprint density at radius 1 is 1.33 bits per heavy atom. The van der Waals surface area contributed by atoms with Gasteiger partial charge in [0.2, 0.25) is 5.75 Å². The molecule has 1 aromatic rings. The van der Waals surface area contributed by atoms with E-state index in [1.807, 2.05) is 13.8 Å². The highest BCUT2D eigenvalue weighted by atomic mass is 16.6. The lowest BCUT2D eigenvalue weighted by Crippen LogP contribution is -3.18. The van der Waals surface area contributed by atoms with Crippen molar-refractivity contribution in [2.24, 2.45) is 5.92 Å². The fraction of sp³-hybridized carbons (Fsp3) is 0.471. The molecule has 1 aromatic carbocycles. The van der Waals surface area contributed by atoms with Crippen LogP contribution in [-0.4, -0.2) is 43.2 Å². The fourth-order valence-electron chi connectivity index (χ4n) is 3.09. The number of carbonyl (C=O) groups is 1.